The normalized spacial score (nSPS) is 15.3. The fourth-order valence-electron chi connectivity index (χ4n) is 0.946. The van der Waals surface area contributed by atoms with Gasteiger partial charge in [-0.1, -0.05) is 6.42 Å². The summed E-state index contributed by atoms with van der Waals surface area (Å²) in [4.78, 5) is 19.9. The van der Waals surface area contributed by atoms with Crippen molar-refractivity contribution in [1.29, 1.82) is 0 Å². The largest absolute Gasteiger partial charge is 0.412 e. The van der Waals surface area contributed by atoms with Crippen LogP contribution in [0.15, 0.2) is 0 Å². The van der Waals surface area contributed by atoms with E-state index in [1.54, 1.807) is 0 Å². The lowest BCUT2D eigenvalue weighted by Crippen LogP contribution is -2.02. The number of hydrogen-bond acceptors (Lipinski definition) is 2. The van der Waals surface area contributed by atoms with Gasteiger partial charge in [0.2, 0.25) is 0 Å². The molecule has 0 unspecified atom stereocenters. The van der Waals surface area contributed by atoms with E-state index in [0.717, 1.165) is 25.7 Å². The van der Waals surface area contributed by atoms with Gasteiger partial charge in [0, 0.05) is 12.8 Å². The van der Waals surface area contributed by atoms with Crippen molar-refractivity contribution >= 4 is 11.6 Å². The van der Waals surface area contributed by atoms with E-state index in [2.05, 4.69) is 0 Å². The molecule has 1 aliphatic rings. The number of rotatable bonds is 0. The Morgan fingerprint density at radius 2 is 1.42 bits per heavy atom. The molecule has 1 saturated carbocycles. The zero-order valence-corrected chi connectivity index (χ0v) is 7.85. The van der Waals surface area contributed by atoms with Crippen LogP contribution in [0.25, 0.3) is 0 Å². The molecule has 0 aromatic carbocycles. The highest BCUT2D eigenvalue weighted by molar-refractivity contribution is 5.78. The van der Waals surface area contributed by atoms with Gasteiger partial charge in [-0.05, 0) is 26.7 Å². The Hall–Kier alpha value is -0.700. The third-order valence-electron chi connectivity index (χ3n) is 1.41. The highest BCUT2D eigenvalue weighted by Gasteiger charge is 2.05. The molecule has 0 saturated heterocycles. The molecule has 0 radical (unpaired) electrons. The van der Waals surface area contributed by atoms with E-state index in [-0.39, 0.29) is 11.3 Å². The van der Waals surface area contributed by atoms with Crippen LogP contribution in [0.1, 0.15) is 46.0 Å². The summed E-state index contributed by atoms with van der Waals surface area (Å²) < 4.78 is 0. The van der Waals surface area contributed by atoms with Crippen LogP contribution < -0.4 is 0 Å². The van der Waals surface area contributed by atoms with E-state index in [0.29, 0.717) is 5.78 Å². The molecule has 0 aromatic heterocycles. The molecule has 3 nitrogen and oxygen atoms in total. The van der Waals surface area contributed by atoms with Crippen molar-refractivity contribution in [3.8, 4) is 0 Å². The first-order chi connectivity index (χ1) is 5.13. The topological polar surface area (TPSA) is 65.6 Å². The third kappa shape index (κ3) is 12.0. The van der Waals surface area contributed by atoms with Gasteiger partial charge in [0.25, 0.3) is 0 Å². The van der Waals surface area contributed by atoms with Gasteiger partial charge in [-0.15, -0.1) is 0 Å². The maximum atomic E-state index is 10.5. The van der Waals surface area contributed by atoms with E-state index >= 15 is 0 Å². The zero-order chi connectivity index (χ0) is 8.69. The van der Waals surface area contributed by atoms with Crippen LogP contribution in [0.4, 0.5) is 0 Å². The summed E-state index contributed by atoms with van der Waals surface area (Å²) in [6, 6.07) is 0. The van der Waals surface area contributed by atoms with Gasteiger partial charge >= 0.3 is 0 Å². The molecular weight excluding hydrogens is 156 g/mol. The number of ketones is 2. The molecule has 0 atom stereocenters. The van der Waals surface area contributed by atoms with Gasteiger partial charge in [0.15, 0.2) is 0 Å². The van der Waals surface area contributed by atoms with Gasteiger partial charge in [0.05, 0.1) is 0 Å². The fourth-order valence-corrected chi connectivity index (χ4v) is 0.946. The average molecular weight is 174 g/mol. The van der Waals surface area contributed by atoms with Crippen molar-refractivity contribution in [2.45, 2.75) is 46.0 Å². The summed E-state index contributed by atoms with van der Waals surface area (Å²) in [6.07, 6.45) is 5.24. The second kappa shape index (κ2) is 8.40. The minimum absolute atomic E-state index is 0. The van der Waals surface area contributed by atoms with E-state index in [4.69, 9.17) is 0 Å². The molecule has 1 rings (SSSR count). The predicted molar refractivity (Wildman–Crippen MR) is 48.1 cm³/mol. The molecular formula is C9H18O3. The van der Waals surface area contributed by atoms with Crippen molar-refractivity contribution in [2.24, 2.45) is 0 Å². The monoisotopic (exact) mass is 174 g/mol. The van der Waals surface area contributed by atoms with Crippen LogP contribution in [-0.4, -0.2) is 17.0 Å². The number of Topliss-reactive ketones (excluding diaryl/α,β-unsaturated/α-hetero) is 2. The van der Waals surface area contributed by atoms with Crippen LogP contribution in [0.2, 0.25) is 0 Å². The molecule has 72 valence electrons. The van der Waals surface area contributed by atoms with E-state index in [1.165, 1.54) is 20.3 Å². The van der Waals surface area contributed by atoms with Gasteiger partial charge < -0.3 is 10.3 Å². The molecule has 0 aromatic rings. The summed E-state index contributed by atoms with van der Waals surface area (Å²) in [5.74, 6) is 0.631. The Balaban J connectivity index is 0. The predicted octanol–water partition coefficient (Wildman–Crippen LogP) is 1.29. The SMILES string of the molecule is CC(C)=O.O.O=C1CCCCC1. The highest BCUT2D eigenvalue weighted by Crippen LogP contribution is 2.12. The maximum absolute atomic E-state index is 10.5. The minimum Gasteiger partial charge on any atom is -0.412 e. The van der Waals surface area contributed by atoms with Crippen LogP contribution in [0.3, 0.4) is 0 Å². The number of carbonyl (C=O) groups is 2. The fraction of sp³-hybridized carbons (Fsp3) is 0.778. The quantitative estimate of drug-likeness (QED) is 0.555. The zero-order valence-electron chi connectivity index (χ0n) is 7.85. The van der Waals surface area contributed by atoms with Crippen molar-refractivity contribution in [3.63, 3.8) is 0 Å². The Labute approximate surface area is 73.5 Å². The van der Waals surface area contributed by atoms with Gasteiger partial charge in [-0.25, -0.2) is 0 Å². The van der Waals surface area contributed by atoms with Gasteiger partial charge in [0.1, 0.15) is 11.6 Å². The third-order valence-corrected chi connectivity index (χ3v) is 1.41. The lowest BCUT2D eigenvalue weighted by molar-refractivity contribution is -0.120. The minimum atomic E-state index is 0. The summed E-state index contributed by atoms with van der Waals surface area (Å²) in [6.45, 7) is 3.06. The molecule has 12 heavy (non-hydrogen) atoms. The Kier molecular flexibility index (Phi) is 9.70. The van der Waals surface area contributed by atoms with Crippen LogP contribution >= 0.6 is 0 Å². The Bertz CT molecular complexity index is 129. The first kappa shape index (κ1) is 13.9. The molecule has 0 spiro atoms. The molecule has 0 aliphatic heterocycles. The highest BCUT2D eigenvalue weighted by atomic mass is 16.1. The Morgan fingerprint density at radius 3 is 1.58 bits per heavy atom. The molecule has 0 amide bonds. The Morgan fingerprint density at radius 1 is 1.08 bits per heavy atom. The second-order valence-corrected chi connectivity index (χ2v) is 3.01. The van der Waals surface area contributed by atoms with Gasteiger partial charge in [-0.2, -0.15) is 0 Å². The molecule has 3 heteroatoms. The smallest absolute Gasteiger partial charge is 0.132 e. The first-order valence-electron chi connectivity index (χ1n) is 4.12. The summed E-state index contributed by atoms with van der Waals surface area (Å²) in [5, 5.41) is 0. The van der Waals surface area contributed by atoms with Crippen LogP contribution in [0.5, 0.6) is 0 Å². The van der Waals surface area contributed by atoms with Crippen LogP contribution in [-0.2, 0) is 9.59 Å². The van der Waals surface area contributed by atoms with E-state index < -0.39 is 0 Å². The number of hydrogen-bond donors (Lipinski definition) is 0. The van der Waals surface area contributed by atoms with E-state index in [1.807, 2.05) is 0 Å². The van der Waals surface area contributed by atoms with Crippen molar-refractivity contribution in [1.82, 2.24) is 0 Å². The summed E-state index contributed by atoms with van der Waals surface area (Å²) in [7, 11) is 0. The molecule has 2 N–H and O–H groups in total. The van der Waals surface area contributed by atoms with E-state index in [9.17, 15) is 9.59 Å². The summed E-state index contributed by atoms with van der Waals surface area (Å²) >= 11 is 0. The molecule has 1 aliphatic carbocycles. The van der Waals surface area contributed by atoms with Gasteiger partial charge in [-0.3, -0.25) is 4.79 Å². The maximum Gasteiger partial charge on any atom is 0.132 e. The average Bonchev–Trinajstić information content (AvgIpc) is 1.87. The lowest BCUT2D eigenvalue weighted by Gasteiger charge is -2.05. The van der Waals surface area contributed by atoms with Crippen LogP contribution in [0, 0.1) is 0 Å². The second-order valence-electron chi connectivity index (χ2n) is 3.01. The lowest BCUT2D eigenvalue weighted by atomic mass is 10.00. The summed E-state index contributed by atoms with van der Waals surface area (Å²) in [5.41, 5.74) is 0. The standard InChI is InChI=1S/C6H10O.C3H6O.H2O/c7-6-4-2-1-3-5-6;1-3(2)4;/h1-5H2;1-2H3;1H2. The van der Waals surface area contributed by atoms with Crippen molar-refractivity contribution in [3.05, 3.63) is 0 Å². The molecule has 0 bridgehead atoms. The van der Waals surface area contributed by atoms with Crippen molar-refractivity contribution in [2.75, 3.05) is 0 Å². The first-order valence-corrected chi connectivity index (χ1v) is 4.12. The van der Waals surface area contributed by atoms with Crippen molar-refractivity contribution < 1.29 is 15.1 Å². The molecule has 0 heterocycles. The molecule has 1 fully saturated rings. The number of carbonyl (C=O) groups excluding carboxylic acids is 2.